The Bertz CT molecular complexity index is 1720. The number of halogens is 1. The molecule has 2 aromatic heterocycles. The van der Waals surface area contributed by atoms with Gasteiger partial charge in [0.15, 0.2) is 0 Å². The number of carboxylic acid groups (broad SMARTS) is 1. The predicted molar refractivity (Wildman–Crippen MR) is 156 cm³/mol. The fourth-order valence-corrected chi connectivity index (χ4v) is 5.46. The summed E-state index contributed by atoms with van der Waals surface area (Å²) in [5.74, 6) is -0.122. The van der Waals surface area contributed by atoms with Gasteiger partial charge >= 0.3 is 5.97 Å². The van der Waals surface area contributed by atoms with E-state index in [2.05, 4.69) is 4.98 Å². The van der Waals surface area contributed by atoms with Crippen LogP contribution in [0.3, 0.4) is 0 Å². The molecule has 3 heterocycles. The van der Waals surface area contributed by atoms with E-state index in [1.165, 1.54) is 10.6 Å². The zero-order valence-corrected chi connectivity index (χ0v) is 23.9. The van der Waals surface area contributed by atoms with Crippen molar-refractivity contribution in [2.75, 3.05) is 6.61 Å². The molecular formula is C33H33FN2O5. The Balaban J connectivity index is 1.81. The van der Waals surface area contributed by atoms with Crippen molar-refractivity contribution in [3.8, 4) is 44.9 Å². The summed E-state index contributed by atoms with van der Waals surface area (Å²) < 4.78 is 27.8. The first-order valence-corrected chi connectivity index (χ1v) is 13.6. The van der Waals surface area contributed by atoms with Crippen molar-refractivity contribution >= 4 is 5.97 Å². The number of carbonyl (C=O) groups is 1. The molecule has 8 heteroatoms. The fourth-order valence-electron chi connectivity index (χ4n) is 5.46. The van der Waals surface area contributed by atoms with Gasteiger partial charge in [-0.1, -0.05) is 18.2 Å². The van der Waals surface area contributed by atoms with Crippen LogP contribution in [0.4, 0.5) is 4.39 Å². The van der Waals surface area contributed by atoms with Crippen LogP contribution in [-0.2, 0) is 24.7 Å². The fraction of sp³-hybridized carbons (Fsp3) is 0.303. The average molecular weight is 557 g/mol. The van der Waals surface area contributed by atoms with E-state index in [1.54, 1.807) is 13.2 Å². The largest absolute Gasteiger partial charge is 0.493 e. The van der Waals surface area contributed by atoms with Gasteiger partial charge in [0.25, 0.3) is 5.56 Å². The monoisotopic (exact) mass is 556 g/mol. The summed E-state index contributed by atoms with van der Waals surface area (Å²) in [5, 5.41) is 9.86. The maximum Gasteiger partial charge on any atom is 0.309 e. The van der Waals surface area contributed by atoms with Gasteiger partial charge in [0.1, 0.15) is 22.9 Å². The number of fused-ring (bicyclic) bond motifs is 1. The molecule has 0 saturated carbocycles. The molecular weight excluding hydrogens is 523 g/mol. The summed E-state index contributed by atoms with van der Waals surface area (Å²) >= 11 is 0. The van der Waals surface area contributed by atoms with Crippen LogP contribution in [0.25, 0.3) is 33.4 Å². The first-order chi connectivity index (χ1) is 19.4. The van der Waals surface area contributed by atoms with Crippen LogP contribution in [0.1, 0.15) is 44.0 Å². The maximum absolute atomic E-state index is 13.9. The Morgan fingerprint density at radius 1 is 1.10 bits per heavy atom. The van der Waals surface area contributed by atoms with Crippen molar-refractivity contribution in [2.45, 2.75) is 52.6 Å². The molecule has 212 valence electrons. The van der Waals surface area contributed by atoms with E-state index < -0.39 is 17.4 Å². The highest BCUT2D eigenvalue weighted by Crippen LogP contribution is 2.45. The Morgan fingerprint density at radius 3 is 2.56 bits per heavy atom. The lowest BCUT2D eigenvalue weighted by molar-refractivity contribution is -0.136. The second kappa shape index (κ2) is 10.8. The van der Waals surface area contributed by atoms with Crippen molar-refractivity contribution in [3.63, 3.8) is 0 Å². The molecule has 5 rings (SSSR count). The highest BCUT2D eigenvalue weighted by molar-refractivity contribution is 5.87. The van der Waals surface area contributed by atoms with Crippen LogP contribution in [0, 0.1) is 12.7 Å². The highest BCUT2D eigenvalue weighted by atomic mass is 19.1. The summed E-state index contributed by atoms with van der Waals surface area (Å²) in [6, 6.07) is 12.5. The Labute approximate surface area is 238 Å². The van der Waals surface area contributed by atoms with Gasteiger partial charge in [-0.05, 0) is 81.5 Å². The van der Waals surface area contributed by atoms with Gasteiger partial charge in [-0.25, -0.2) is 4.39 Å². The summed E-state index contributed by atoms with van der Waals surface area (Å²) in [6.45, 7) is 8.34. The van der Waals surface area contributed by atoms with E-state index >= 15 is 0 Å². The summed E-state index contributed by atoms with van der Waals surface area (Å²) in [4.78, 5) is 29.9. The molecule has 7 nitrogen and oxygen atoms in total. The van der Waals surface area contributed by atoms with Crippen LogP contribution in [0.2, 0.25) is 0 Å². The zero-order valence-electron chi connectivity index (χ0n) is 23.9. The van der Waals surface area contributed by atoms with E-state index in [-0.39, 0.29) is 12.0 Å². The van der Waals surface area contributed by atoms with Crippen LogP contribution in [0.15, 0.2) is 59.7 Å². The molecule has 0 saturated heterocycles. The van der Waals surface area contributed by atoms with Crippen molar-refractivity contribution in [1.82, 2.24) is 9.55 Å². The standard InChI is InChI=1S/C33H33FN2O5/c1-19-29(21-9-6-8-20(14-21)22-15-23(34)18-35-17-22)32(39)36(5)26(16-28(37)38)30(19)25-11-12-27-24(10-7-13-40-27)31(25)41-33(2,3)4/h6,8-9,11-12,14-15,17-18H,7,10,13,16H2,1-5H3,(H,37,38). The summed E-state index contributed by atoms with van der Waals surface area (Å²) in [5.41, 5.74) is 4.77. The first-order valence-electron chi connectivity index (χ1n) is 13.6. The smallest absolute Gasteiger partial charge is 0.309 e. The van der Waals surface area contributed by atoms with Gasteiger partial charge in [-0.3, -0.25) is 14.6 Å². The lowest BCUT2D eigenvalue weighted by atomic mass is 9.88. The normalized spacial score (nSPS) is 12.9. The molecule has 0 amide bonds. The predicted octanol–water partition coefficient (Wildman–Crippen LogP) is 6.36. The Hall–Kier alpha value is -4.46. The van der Waals surface area contributed by atoms with Crippen LogP contribution < -0.4 is 15.0 Å². The molecule has 0 fully saturated rings. The second-order valence-electron chi connectivity index (χ2n) is 11.3. The number of hydrogen-bond acceptors (Lipinski definition) is 5. The zero-order chi connectivity index (χ0) is 29.5. The molecule has 0 spiro atoms. The third-order valence-corrected chi connectivity index (χ3v) is 7.19. The topological polar surface area (TPSA) is 90.7 Å². The number of pyridine rings is 2. The third kappa shape index (κ3) is 5.59. The number of aliphatic carboxylic acids is 1. The van der Waals surface area contributed by atoms with E-state index in [4.69, 9.17) is 9.47 Å². The van der Waals surface area contributed by atoms with Gasteiger partial charge in [0.2, 0.25) is 0 Å². The number of hydrogen-bond donors (Lipinski definition) is 1. The van der Waals surface area contributed by atoms with Gasteiger partial charge in [0, 0.05) is 41.2 Å². The quantitative estimate of drug-likeness (QED) is 0.297. The molecule has 1 aliphatic rings. The van der Waals surface area contributed by atoms with E-state index in [9.17, 15) is 19.1 Å². The van der Waals surface area contributed by atoms with Crippen LogP contribution in [-0.4, -0.2) is 32.8 Å². The Morgan fingerprint density at radius 2 is 1.85 bits per heavy atom. The Kier molecular flexibility index (Phi) is 7.43. The first kappa shape index (κ1) is 28.1. The van der Waals surface area contributed by atoms with Crippen molar-refractivity contribution in [2.24, 2.45) is 7.05 Å². The summed E-state index contributed by atoms with van der Waals surface area (Å²) in [7, 11) is 1.60. The van der Waals surface area contributed by atoms with E-state index in [1.807, 2.05) is 64.1 Å². The van der Waals surface area contributed by atoms with Crippen LogP contribution >= 0.6 is 0 Å². The summed E-state index contributed by atoms with van der Waals surface area (Å²) in [6.07, 6.45) is 3.95. The molecule has 0 radical (unpaired) electrons. The van der Waals surface area contributed by atoms with Gasteiger partial charge in [0.05, 0.1) is 24.8 Å². The third-order valence-electron chi connectivity index (χ3n) is 7.19. The van der Waals surface area contributed by atoms with Gasteiger partial charge < -0.3 is 19.1 Å². The minimum absolute atomic E-state index is 0.323. The van der Waals surface area contributed by atoms with Crippen molar-refractivity contribution < 1.29 is 23.8 Å². The molecule has 1 aliphatic heterocycles. The molecule has 0 unspecified atom stereocenters. The lowest BCUT2D eigenvalue weighted by Crippen LogP contribution is -2.27. The molecule has 0 atom stereocenters. The average Bonchev–Trinajstić information content (AvgIpc) is 2.92. The minimum Gasteiger partial charge on any atom is -0.493 e. The number of aromatic nitrogens is 2. The molecule has 4 aromatic rings. The number of benzene rings is 2. The van der Waals surface area contributed by atoms with Gasteiger partial charge in [-0.2, -0.15) is 0 Å². The number of rotatable bonds is 6. The molecule has 0 aliphatic carbocycles. The lowest BCUT2D eigenvalue weighted by Gasteiger charge is -2.30. The second-order valence-corrected chi connectivity index (χ2v) is 11.3. The number of nitrogens with zero attached hydrogens (tertiary/aromatic N) is 2. The molecule has 1 N–H and O–H groups in total. The van der Waals surface area contributed by atoms with Crippen molar-refractivity contribution in [3.05, 3.63) is 87.9 Å². The SMILES string of the molecule is Cc1c(-c2ccc3c(c2OC(C)(C)C)CCCO3)c(CC(=O)O)n(C)c(=O)c1-c1cccc(-c2cncc(F)c2)c1. The van der Waals surface area contributed by atoms with E-state index in [0.717, 1.165) is 30.4 Å². The van der Waals surface area contributed by atoms with Crippen molar-refractivity contribution in [1.29, 1.82) is 0 Å². The van der Waals surface area contributed by atoms with E-state index in [0.29, 0.717) is 57.0 Å². The number of carboxylic acids is 1. The van der Waals surface area contributed by atoms with Crippen LogP contribution in [0.5, 0.6) is 11.5 Å². The molecule has 2 aromatic carbocycles. The molecule has 41 heavy (non-hydrogen) atoms. The maximum atomic E-state index is 13.9. The van der Waals surface area contributed by atoms with Gasteiger partial charge in [-0.15, -0.1) is 0 Å². The highest BCUT2D eigenvalue weighted by Gasteiger charge is 2.29. The minimum atomic E-state index is -1.05. The molecule has 0 bridgehead atoms. The number of ether oxygens (including phenoxy) is 2.